The Morgan fingerprint density at radius 2 is 1.88 bits per heavy atom. The number of anilines is 2. The van der Waals surface area contributed by atoms with Crippen molar-refractivity contribution in [1.82, 2.24) is 25.2 Å². The Kier molecular flexibility index (Phi) is 6.39. The van der Waals surface area contributed by atoms with Crippen molar-refractivity contribution in [3.8, 4) is 11.3 Å². The maximum absolute atomic E-state index is 15.4. The minimum Gasteiger partial charge on any atom is -0.459 e. The molecule has 0 spiro atoms. The average molecular weight is 581 g/mol. The molecule has 3 aromatic heterocycles. The van der Waals surface area contributed by atoms with Crippen LogP contribution in [0.25, 0.3) is 22.2 Å². The van der Waals surface area contributed by atoms with Gasteiger partial charge in [-0.1, -0.05) is 47.7 Å². The van der Waals surface area contributed by atoms with Gasteiger partial charge in [-0.3, -0.25) is 19.6 Å². The van der Waals surface area contributed by atoms with E-state index in [-0.39, 0.29) is 22.8 Å². The van der Waals surface area contributed by atoms with Gasteiger partial charge >= 0.3 is 0 Å². The fourth-order valence-corrected chi connectivity index (χ4v) is 5.35. The number of fused-ring (bicyclic) bond motifs is 1. The lowest BCUT2D eigenvalue weighted by atomic mass is 10.0. The number of carbonyl (C=O) groups is 2. The normalized spacial score (nSPS) is 13.0. The summed E-state index contributed by atoms with van der Waals surface area (Å²) < 4.78 is 22.7. The molecule has 1 aliphatic carbocycles. The van der Waals surface area contributed by atoms with E-state index in [1.54, 1.807) is 6.07 Å². The van der Waals surface area contributed by atoms with Crippen molar-refractivity contribution >= 4 is 45.2 Å². The number of furan rings is 1. The van der Waals surface area contributed by atoms with Crippen molar-refractivity contribution < 1.29 is 18.4 Å². The highest BCUT2D eigenvalue weighted by Gasteiger charge is 2.34. The molecule has 6 aromatic rings. The van der Waals surface area contributed by atoms with E-state index in [9.17, 15) is 9.59 Å². The Balaban J connectivity index is 1.38. The lowest BCUT2D eigenvalue weighted by Gasteiger charge is -2.22. The zero-order chi connectivity index (χ0) is 28.8. The molecule has 9 nitrogen and oxygen atoms in total. The Labute approximate surface area is 243 Å². The maximum Gasteiger partial charge on any atom is 0.299 e. The first-order valence-electron chi connectivity index (χ1n) is 13.3. The summed E-state index contributed by atoms with van der Waals surface area (Å²) in [6.07, 6.45) is 3.42. The van der Waals surface area contributed by atoms with Gasteiger partial charge in [-0.15, -0.1) is 5.10 Å². The standard InChI is InChI=1S/C31H22ClFN6O3/c32-29(40)21-8-4-9-23(33)28(21)39(31(41)25-10-5-15-42-25)30-22-16-20(13-14-24(22)34-36-30)26-27(19-11-12-19)38(37-35-26)17-18-6-2-1-3-7-18/h1-10,13-16,19H,11-12,17H2,(H,34,36). The van der Waals surface area contributed by atoms with Crippen LogP contribution >= 0.6 is 11.6 Å². The van der Waals surface area contributed by atoms with Gasteiger partial charge in [0, 0.05) is 16.9 Å². The molecule has 1 fully saturated rings. The lowest BCUT2D eigenvalue weighted by molar-refractivity contribution is 0.0971. The Bertz CT molecular complexity index is 1950. The Morgan fingerprint density at radius 3 is 2.62 bits per heavy atom. The quantitative estimate of drug-likeness (QED) is 0.197. The van der Waals surface area contributed by atoms with Crippen molar-refractivity contribution in [3.05, 3.63) is 114 Å². The van der Waals surface area contributed by atoms with Gasteiger partial charge in [0.25, 0.3) is 11.1 Å². The Morgan fingerprint density at radius 1 is 1.05 bits per heavy atom. The van der Waals surface area contributed by atoms with E-state index >= 15 is 4.39 Å². The number of H-pyrrole nitrogens is 1. The zero-order valence-corrected chi connectivity index (χ0v) is 22.8. The van der Waals surface area contributed by atoms with E-state index in [0.717, 1.165) is 46.3 Å². The fourth-order valence-electron chi connectivity index (χ4n) is 5.19. The van der Waals surface area contributed by atoms with Crippen molar-refractivity contribution in [2.24, 2.45) is 0 Å². The highest BCUT2D eigenvalue weighted by atomic mass is 35.5. The molecule has 1 saturated carbocycles. The van der Waals surface area contributed by atoms with Gasteiger partial charge in [-0.25, -0.2) is 9.07 Å². The number of aromatic nitrogens is 5. The predicted octanol–water partition coefficient (Wildman–Crippen LogP) is 6.84. The van der Waals surface area contributed by atoms with Crippen LogP contribution in [0, 0.1) is 5.82 Å². The number of aromatic amines is 1. The Hall–Kier alpha value is -5.09. The largest absolute Gasteiger partial charge is 0.459 e. The first kappa shape index (κ1) is 25.8. The number of benzene rings is 3. The average Bonchev–Trinajstić information content (AvgIpc) is 3.35. The van der Waals surface area contributed by atoms with Crippen LogP contribution in [0.2, 0.25) is 0 Å². The number of amides is 1. The second-order valence-corrected chi connectivity index (χ2v) is 10.4. The first-order valence-corrected chi connectivity index (χ1v) is 13.7. The molecule has 0 aliphatic heterocycles. The molecule has 0 atom stereocenters. The molecule has 0 radical (unpaired) electrons. The van der Waals surface area contributed by atoms with Crippen LogP contribution in [-0.4, -0.2) is 36.3 Å². The molecule has 1 amide bonds. The van der Waals surface area contributed by atoms with Gasteiger partial charge in [-0.2, -0.15) is 5.10 Å². The lowest BCUT2D eigenvalue weighted by Crippen LogP contribution is -2.28. The molecule has 3 aromatic carbocycles. The molecule has 0 saturated heterocycles. The zero-order valence-electron chi connectivity index (χ0n) is 22.0. The SMILES string of the molecule is O=C(Cl)c1cccc(F)c1N(C(=O)c1ccco1)c1n[nH]c2ccc(-c3nnn(Cc4ccccc4)c3C3CC3)cc12. The number of para-hydroxylation sites is 1. The van der Waals surface area contributed by atoms with E-state index < -0.39 is 17.0 Å². The second-order valence-electron chi connectivity index (χ2n) is 10.1. The van der Waals surface area contributed by atoms with Gasteiger partial charge in [0.2, 0.25) is 0 Å². The summed E-state index contributed by atoms with van der Waals surface area (Å²) in [6.45, 7) is 0.590. The van der Waals surface area contributed by atoms with Crippen LogP contribution in [0.3, 0.4) is 0 Å². The number of carbonyl (C=O) groups excluding carboxylic acids is 2. The van der Waals surface area contributed by atoms with E-state index in [4.69, 9.17) is 16.0 Å². The van der Waals surface area contributed by atoms with E-state index in [1.807, 2.05) is 41.1 Å². The molecular weight excluding hydrogens is 559 g/mol. The van der Waals surface area contributed by atoms with Crippen molar-refractivity contribution in [1.29, 1.82) is 0 Å². The number of nitrogens with one attached hydrogen (secondary N) is 1. The van der Waals surface area contributed by atoms with Gasteiger partial charge in [0.1, 0.15) is 11.5 Å². The minimum absolute atomic E-state index is 0.0709. The number of hydrogen-bond donors (Lipinski definition) is 1. The topological polar surface area (TPSA) is 110 Å². The summed E-state index contributed by atoms with van der Waals surface area (Å²) in [7, 11) is 0. The maximum atomic E-state index is 15.4. The van der Waals surface area contributed by atoms with E-state index in [2.05, 4.69) is 32.6 Å². The smallest absolute Gasteiger partial charge is 0.299 e. The number of halogens is 2. The number of nitrogens with zero attached hydrogens (tertiary/aromatic N) is 5. The summed E-state index contributed by atoms with van der Waals surface area (Å²) in [5.41, 5.74) is 3.72. The molecule has 1 N–H and O–H groups in total. The summed E-state index contributed by atoms with van der Waals surface area (Å²) >= 11 is 5.84. The molecular formula is C31H22ClFN6O3. The predicted molar refractivity (Wildman–Crippen MR) is 154 cm³/mol. The molecule has 208 valence electrons. The van der Waals surface area contributed by atoms with Gasteiger partial charge in [0.15, 0.2) is 11.6 Å². The van der Waals surface area contributed by atoms with Crippen LogP contribution < -0.4 is 4.90 Å². The van der Waals surface area contributed by atoms with E-state index in [1.165, 1.54) is 24.5 Å². The molecule has 0 unspecified atom stereocenters. The summed E-state index contributed by atoms with van der Waals surface area (Å²) in [5.74, 6) is -1.21. The summed E-state index contributed by atoms with van der Waals surface area (Å²) in [4.78, 5) is 27.1. The monoisotopic (exact) mass is 580 g/mol. The highest BCUT2D eigenvalue weighted by molar-refractivity contribution is 6.68. The fraction of sp³-hybridized carbons (Fsp3) is 0.129. The van der Waals surface area contributed by atoms with Crippen molar-refractivity contribution in [2.75, 3.05) is 4.90 Å². The minimum atomic E-state index is -0.925. The summed E-state index contributed by atoms with van der Waals surface area (Å²) in [5, 5.41) is 15.9. The third-order valence-corrected chi connectivity index (χ3v) is 7.50. The molecule has 1 aliphatic rings. The highest BCUT2D eigenvalue weighted by Crippen LogP contribution is 2.45. The van der Waals surface area contributed by atoms with Gasteiger partial charge in [-0.05, 0) is 66.4 Å². The number of hydrogen-bond acceptors (Lipinski definition) is 6. The van der Waals surface area contributed by atoms with Crippen molar-refractivity contribution in [2.45, 2.75) is 25.3 Å². The van der Waals surface area contributed by atoms with Crippen LogP contribution in [-0.2, 0) is 6.54 Å². The molecule has 0 bridgehead atoms. The van der Waals surface area contributed by atoms with Crippen molar-refractivity contribution in [3.63, 3.8) is 0 Å². The number of rotatable bonds is 8. The molecule has 7 rings (SSSR count). The van der Waals surface area contributed by atoms with Crippen LogP contribution in [0.15, 0.2) is 89.5 Å². The molecule has 42 heavy (non-hydrogen) atoms. The van der Waals surface area contributed by atoms with Crippen LogP contribution in [0.5, 0.6) is 0 Å². The second kappa shape index (κ2) is 10.4. The first-order chi connectivity index (χ1) is 20.5. The van der Waals surface area contributed by atoms with E-state index in [0.29, 0.717) is 23.4 Å². The third kappa shape index (κ3) is 4.55. The van der Waals surface area contributed by atoms with Crippen LogP contribution in [0.4, 0.5) is 15.9 Å². The molecule has 11 heteroatoms. The van der Waals surface area contributed by atoms with Gasteiger partial charge < -0.3 is 4.42 Å². The van der Waals surface area contributed by atoms with Gasteiger partial charge in [0.05, 0.1) is 35.3 Å². The summed E-state index contributed by atoms with van der Waals surface area (Å²) in [6, 6.07) is 22.5. The third-order valence-electron chi connectivity index (χ3n) is 7.30. The molecule has 3 heterocycles. The van der Waals surface area contributed by atoms with Crippen LogP contribution in [0.1, 0.15) is 50.9 Å².